The van der Waals surface area contributed by atoms with E-state index in [4.69, 9.17) is 0 Å². The van der Waals surface area contributed by atoms with Gasteiger partial charge in [-0.3, -0.25) is 5.32 Å². The minimum Gasteiger partial charge on any atom is -0.324 e. The minimum absolute atomic E-state index is 0.0427. The summed E-state index contributed by atoms with van der Waals surface area (Å²) in [4.78, 5) is 17.8. The Labute approximate surface area is 125 Å². The van der Waals surface area contributed by atoms with Crippen molar-refractivity contribution in [2.24, 2.45) is 0 Å². The Morgan fingerprint density at radius 2 is 2.05 bits per heavy atom. The Balaban J connectivity index is 1.88. The molecule has 2 heterocycles. The van der Waals surface area contributed by atoms with E-state index < -0.39 is 10.0 Å². The van der Waals surface area contributed by atoms with Crippen LogP contribution in [0.3, 0.4) is 0 Å². The van der Waals surface area contributed by atoms with Gasteiger partial charge in [-0.05, 0) is 25.0 Å². The Hall–Kier alpha value is -1.67. The van der Waals surface area contributed by atoms with Crippen molar-refractivity contribution in [1.29, 1.82) is 0 Å². The summed E-state index contributed by atoms with van der Waals surface area (Å²) >= 11 is 0. The molecule has 1 aliphatic heterocycles. The van der Waals surface area contributed by atoms with E-state index in [0.717, 1.165) is 0 Å². The zero-order valence-corrected chi connectivity index (χ0v) is 13.0. The third-order valence-electron chi connectivity index (χ3n) is 3.69. The molecule has 116 valence electrons. The lowest BCUT2D eigenvalue weighted by molar-refractivity contribution is 0.175. The molecule has 1 saturated heterocycles. The topological polar surface area (TPSA) is 82.6 Å². The minimum atomic E-state index is -3.18. The lowest BCUT2D eigenvalue weighted by Crippen LogP contribution is -2.48. The van der Waals surface area contributed by atoms with Crippen molar-refractivity contribution >= 4 is 21.9 Å². The first-order valence-corrected chi connectivity index (χ1v) is 8.63. The first kappa shape index (κ1) is 15.7. The molecule has 1 fully saturated rings. The van der Waals surface area contributed by atoms with Crippen LogP contribution >= 0.6 is 0 Å². The Bertz CT molecular complexity index is 583. The van der Waals surface area contributed by atoms with Crippen LogP contribution in [0.25, 0.3) is 0 Å². The standard InChI is InChI=1S/C13H20N4O3S/c1-16(21(2,19)20)11-6-9-17(10-7-11)13(18)15-12-5-3-4-8-14-12/h3-5,8,11H,6-7,9-10H2,1-2H3,(H,14,15,18). The average molecular weight is 312 g/mol. The molecule has 0 aromatic carbocycles. The molecule has 2 rings (SSSR count). The van der Waals surface area contributed by atoms with E-state index >= 15 is 0 Å². The summed E-state index contributed by atoms with van der Waals surface area (Å²) in [6, 6.07) is 5.06. The molecule has 8 heteroatoms. The van der Waals surface area contributed by atoms with Gasteiger partial charge in [-0.2, -0.15) is 0 Å². The van der Waals surface area contributed by atoms with E-state index in [9.17, 15) is 13.2 Å². The first-order valence-electron chi connectivity index (χ1n) is 6.78. The van der Waals surface area contributed by atoms with E-state index in [1.807, 2.05) is 0 Å². The maximum absolute atomic E-state index is 12.1. The number of aromatic nitrogens is 1. The molecule has 21 heavy (non-hydrogen) atoms. The summed E-state index contributed by atoms with van der Waals surface area (Å²) < 4.78 is 24.4. The maximum atomic E-state index is 12.1. The number of nitrogens with zero attached hydrogens (tertiary/aromatic N) is 3. The molecule has 0 radical (unpaired) electrons. The second-order valence-electron chi connectivity index (χ2n) is 5.14. The van der Waals surface area contributed by atoms with Gasteiger partial charge in [0.2, 0.25) is 10.0 Å². The molecule has 0 saturated carbocycles. The van der Waals surface area contributed by atoms with Gasteiger partial charge in [0.15, 0.2) is 0 Å². The lowest BCUT2D eigenvalue weighted by Gasteiger charge is -2.35. The number of hydrogen-bond donors (Lipinski definition) is 1. The number of urea groups is 1. The molecule has 0 atom stereocenters. The van der Waals surface area contributed by atoms with Gasteiger partial charge >= 0.3 is 6.03 Å². The molecule has 2 amide bonds. The summed E-state index contributed by atoms with van der Waals surface area (Å²) in [6.45, 7) is 1.06. The van der Waals surface area contributed by atoms with Crippen LogP contribution in [0, 0.1) is 0 Å². The van der Waals surface area contributed by atoms with E-state index in [-0.39, 0.29) is 12.1 Å². The van der Waals surface area contributed by atoms with Crippen molar-refractivity contribution in [2.45, 2.75) is 18.9 Å². The van der Waals surface area contributed by atoms with Gasteiger partial charge in [0.05, 0.1) is 6.26 Å². The lowest BCUT2D eigenvalue weighted by atomic mass is 10.1. The molecule has 1 aliphatic rings. The fourth-order valence-electron chi connectivity index (χ4n) is 2.33. The Morgan fingerprint density at radius 1 is 1.38 bits per heavy atom. The second-order valence-corrected chi connectivity index (χ2v) is 7.18. The predicted molar refractivity (Wildman–Crippen MR) is 80.5 cm³/mol. The highest BCUT2D eigenvalue weighted by Crippen LogP contribution is 2.18. The van der Waals surface area contributed by atoms with Crippen molar-refractivity contribution in [3.05, 3.63) is 24.4 Å². The molecule has 1 aromatic heterocycles. The van der Waals surface area contributed by atoms with Crippen molar-refractivity contribution in [2.75, 3.05) is 31.7 Å². The molecule has 1 N–H and O–H groups in total. The number of rotatable bonds is 3. The monoisotopic (exact) mass is 312 g/mol. The Kier molecular flexibility index (Phi) is 4.79. The highest BCUT2D eigenvalue weighted by molar-refractivity contribution is 7.88. The summed E-state index contributed by atoms with van der Waals surface area (Å²) in [5.74, 6) is 0.512. The zero-order chi connectivity index (χ0) is 15.5. The van der Waals surface area contributed by atoms with E-state index in [1.54, 1.807) is 36.3 Å². The quantitative estimate of drug-likeness (QED) is 0.901. The van der Waals surface area contributed by atoms with E-state index in [2.05, 4.69) is 10.3 Å². The summed E-state index contributed by atoms with van der Waals surface area (Å²) in [5, 5.41) is 2.73. The van der Waals surface area contributed by atoms with Gasteiger partial charge in [0.25, 0.3) is 0 Å². The number of carbonyl (C=O) groups is 1. The number of pyridine rings is 1. The van der Waals surface area contributed by atoms with Gasteiger partial charge < -0.3 is 4.90 Å². The number of carbonyl (C=O) groups excluding carboxylic acids is 1. The van der Waals surface area contributed by atoms with E-state index in [0.29, 0.717) is 31.7 Å². The molecular formula is C13H20N4O3S. The third kappa shape index (κ3) is 4.15. The number of nitrogens with one attached hydrogen (secondary N) is 1. The van der Waals surface area contributed by atoms with E-state index in [1.165, 1.54) is 10.6 Å². The summed E-state index contributed by atoms with van der Waals surface area (Å²) in [6.07, 6.45) is 4.09. The molecule has 0 aliphatic carbocycles. The number of likely N-dealkylation sites (tertiary alicyclic amines) is 1. The number of sulfonamides is 1. The highest BCUT2D eigenvalue weighted by Gasteiger charge is 2.29. The van der Waals surface area contributed by atoms with Crippen molar-refractivity contribution in [3.8, 4) is 0 Å². The molecule has 0 spiro atoms. The van der Waals surface area contributed by atoms with Gasteiger partial charge in [0.1, 0.15) is 5.82 Å². The van der Waals surface area contributed by atoms with Crippen LogP contribution in [0.1, 0.15) is 12.8 Å². The largest absolute Gasteiger partial charge is 0.324 e. The zero-order valence-electron chi connectivity index (χ0n) is 12.2. The fraction of sp³-hybridized carbons (Fsp3) is 0.538. The number of anilines is 1. The smallest absolute Gasteiger partial charge is 0.323 e. The van der Waals surface area contributed by atoms with Crippen LogP contribution in [0.4, 0.5) is 10.6 Å². The van der Waals surface area contributed by atoms with Crippen LogP contribution in [-0.4, -0.2) is 61.1 Å². The summed E-state index contributed by atoms with van der Waals surface area (Å²) in [5.41, 5.74) is 0. The second kappa shape index (κ2) is 6.40. The van der Waals surface area contributed by atoms with Crippen LogP contribution in [0.15, 0.2) is 24.4 Å². The first-order chi connectivity index (χ1) is 9.88. The Morgan fingerprint density at radius 3 is 2.57 bits per heavy atom. The van der Waals surface area contributed by atoms with Crippen LogP contribution in [-0.2, 0) is 10.0 Å². The van der Waals surface area contributed by atoms with Gasteiger partial charge in [-0.15, -0.1) is 0 Å². The van der Waals surface area contributed by atoms with Crippen LogP contribution < -0.4 is 5.32 Å². The number of amides is 2. The maximum Gasteiger partial charge on any atom is 0.323 e. The molecule has 0 bridgehead atoms. The van der Waals surface area contributed by atoms with Gasteiger partial charge in [0, 0.05) is 32.4 Å². The predicted octanol–water partition coefficient (Wildman–Crippen LogP) is 0.969. The molecule has 0 unspecified atom stereocenters. The number of piperidine rings is 1. The van der Waals surface area contributed by atoms with Crippen LogP contribution in [0.2, 0.25) is 0 Å². The average Bonchev–Trinajstić information content (AvgIpc) is 2.46. The summed E-state index contributed by atoms with van der Waals surface area (Å²) in [7, 11) is -1.60. The SMILES string of the molecule is CN(C1CCN(C(=O)Nc2ccccn2)CC1)S(C)(=O)=O. The van der Waals surface area contributed by atoms with Gasteiger partial charge in [-0.25, -0.2) is 22.5 Å². The molecule has 1 aromatic rings. The molecule has 7 nitrogen and oxygen atoms in total. The molecular weight excluding hydrogens is 292 g/mol. The van der Waals surface area contributed by atoms with Crippen molar-refractivity contribution in [3.63, 3.8) is 0 Å². The fourth-order valence-corrected chi connectivity index (χ4v) is 3.08. The van der Waals surface area contributed by atoms with Crippen molar-refractivity contribution in [1.82, 2.24) is 14.2 Å². The van der Waals surface area contributed by atoms with Crippen molar-refractivity contribution < 1.29 is 13.2 Å². The third-order valence-corrected chi connectivity index (χ3v) is 5.03. The normalized spacial score (nSPS) is 17.0. The van der Waals surface area contributed by atoms with Gasteiger partial charge in [-0.1, -0.05) is 6.07 Å². The highest BCUT2D eigenvalue weighted by atomic mass is 32.2. The van der Waals surface area contributed by atoms with Crippen LogP contribution in [0.5, 0.6) is 0 Å². The number of hydrogen-bond acceptors (Lipinski definition) is 4.